The summed E-state index contributed by atoms with van der Waals surface area (Å²) in [4.78, 5) is 39.9. The lowest BCUT2D eigenvalue weighted by molar-refractivity contribution is -0.168. The molecule has 1 saturated carbocycles. The molecule has 0 amide bonds. The number of aromatic nitrogens is 2. The molecule has 8 nitrogen and oxygen atoms in total. The molecule has 1 aromatic heterocycles. The van der Waals surface area contributed by atoms with Gasteiger partial charge in [-0.05, 0) is 18.1 Å². The Balaban J connectivity index is 1.44. The van der Waals surface area contributed by atoms with E-state index >= 15 is 0 Å². The second-order valence-electron chi connectivity index (χ2n) is 8.92. The van der Waals surface area contributed by atoms with Gasteiger partial charge in [0.05, 0.1) is 25.7 Å². The molecule has 0 radical (unpaired) electrons. The van der Waals surface area contributed by atoms with Crippen molar-refractivity contribution in [1.29, 1.82) is 0 Å². The van der Waals surface area contributed by atoms with Crippen LogP contribution in [0, 0.1) is 12.8 Å². The van der Waals surface area contributed by atoms with E-state index in [1.165, 1.54) is 10.8 Å². The fraction of sp³-hybridized carbons (Fsp3) is 0.346. The molecule has 2 heterocycles. The van der Waals surface area contributed by atoms with E-state index in [0.717, 1.165) is 11.1 Å². The van der Waals surface area contributed by atoms with Gasteiger partial charge in [-0.15, -0.1) is 0 Å². The molecule has 2 aliphatic rings. The van der Waals surface area contributed by atoms with Crippen molar-refractivity contribution in [2.24, 2.45) is 5.92 Å². The lowest BCUT2D eigenvalue weighted by Crippen LogP contribution is -2.44. The van der Waals surface area contributed by atoms with Crippen molar-refractivity contribution in [3.63, 3.8) is 0 Å². The molecule has 8 heteroatoms. The van der Waals surface area contributed by atoms with Crippen molar-refractivity contribution < 1.29 is 19.0 Å². The molecule has 1 aliphatic heterocycles. The number of carbonyl (C=O) groups excluding carboxylic acids is 1. The molecular weight excluding hydrogens is 436 g/mol. The third-order valence-corrected chi connectivity index (χ3v) is 6.50. The predicted molar refractivity (Wildman–Crippen MR) is 123 cm³/mol. The highest BCUT2D eigenvalue weighted by Crippen LogP contribution is 2.52. The number of rotatable bonds is 8. The highest BCUT2D eigenvalue weighted by molar-refractivity contribution is 5.87. The van der Waals surface area contributed by atoms with Crippen LogP contribution in [0.3, 0.4) is 0 Å². The smallest absolute Gasteiger partial charge is 0.330 e. The summed E-state index contributed by atoms with van der Waals surface area (Å²) in [5.41, 5.74) is 0.212. The first kappa shape index (κ1) is 22.5. The minimum atomic E-state index is -1.03. The van der Waals surface area contributed by atoms with Gasteiger partial charge in [0.2, 0.25) is 0 Å². The van der Waals surface area contributed by atoms with Crippen molar-refractivity contribution in [3.05, 3.63) is 104 Å². The number of carbonyl (C=O) groups is 1. The molecule has 0 spiro atoms. The monoisotopic (exact) mass is 462 g/mol. The Morgan fingerprint density at radius 2 is 1.65 bits per heavy atom. The Bertz CT molecular complexity index is 1290. The van der Waals surface area contributed by atoms with Crippen LogP contribution in [0.1, 0.15) is 29.3 Å². The van der Waals surface area contributed by atoms with Crippen LogP contribution < -0.4 is 11.2 Å². The van der Waals surface area contributed by atoms with Crippen molar-refractivity contribution in [2.45, 2.75) is 44.5 Å². The molecule has 1 aliphatic carbocycles. The van der Waals surface area contributed by atoms with Crippen molar-refractivity contribution in [3.8, 4) is 0 Å². The van der Waals surface area contributed by atoms with E-state index in [9.17, 15) is 14.4 Å². The maximum atomic E-state index is 13.1. The Hall–Kier alpha value is -3.33. The van der Waals surface area contributed by atoms with E-state index in [1.807, 2.05) is 60.7 Å². The Labute approximate surface area is 196 Å². The van der Waals surface area contributed by atoms with Crippen LogP contribution >= 0.6 is 0 Å². The maximum absolute atomic E-state index is 13.1. The SMILES string of the molecule is Cc1cn([C@@H]2O[C@@]3(COCc4ccccc4)CC(=O)[C@@H]2[C@@H]3OCc2ccccc2)c(=O)[nH]c1=O. The Morgan fingerprint density at radius 1 is 1.00 bits per heavy atom. The minimum Gasteiger partial charge on any atom is -0.374 e. The topological polar surface area (TPSA) is 99.6 Å². The lowest BCUT2D eigenvalue weighted by Gasteiger charge is -2.31. The normalized spacial score (nSPS) is 25.7. The molecule has 2 bridgehead atoms. The van der Waals surface area contributed by atoms with Gasteiger partial charge in [-0.2, -0.15) is 0 Å². The summed E-state index contributed by atoms with van der Waals surface area (Å²) in [6.45, 7) is 2.40. The number of hydrogen-bond acceptors (Lipinski definition) is 6. The molecule has 5 rings (SSSR count). The maximum Gasteiger partial charge on any atom is 0.330 e. The Morgan fingerprint density at radius 3 is 2.32 bits per heavy atom. The average Bonchev–Trinajstić information content (AvgIpc) is 3.29. The van der Waals surface area contributed by atoms with Crippen molar-refractivity contribution in [1.82, 2.24) is 9.55 Å². The van der Waals surface area contributed by atoms with E-state index in [0.29, 0.717) is 18.8 Å². The number of Topliss-reactive ketones (excluding diaryl/α,β-unsaturated/α-hetero) is 1. The van der Waals surface area contributed by atoms with Gasteiger partial charge in [0.15, 0.2) is 6.23 Å². The van der Waals surface area contributed by atoms with Gasteiger partial charge >= 0.3 is 5.69 Å². The molecule has 2 fully saturated rings. The first-order valence-electron chi connectivity index (χ1n) is 11.3. The molecule has 4 atom stereocenters. The van der Waals surface area contributed by atoms with Gasteiger partial charge in [-0.1, -0.05) is 60.7 Å². The van der Waals surface area contributed by atoms with Crippen LogP contribution in [0.15, 0.2) is 76.4 Å². The lowest BCUT2D eigenvalue weighted by atomic mass is 9.99. The molecule has 1 N–H and O–H groups in total. The number of ether oxygens (including phenoxy) is 3. The number of aromatic amines is 1. The van der Waals surface area contributed by atoms with E-state index in [2.05, 4.69) is 4.98 Å². The number of benzene rings is 2. The quantitative estimate of drug-likeness (QED) is 0.552. The van der Waals surface area contributed by atoms with Gasteiger partial charge in [-0.3, -0.25) is 19.1 Å². The van der Waals surface area contributed by atoms with Crippen LogP contribution in [0.4, 0.5) is 0 Å². The third kappa shape index (κ3) is 4.16. The van der Waals surface area contributed by atoms with Gasteiger partial charge in [0.1, 0.15) is 17.5 Å². The summed E-state index contributed by atoms with van der Waals surface area (Å²) >= 11 is 0. The van der Waals surface area contributed by atoms with Crippen LogP contribution in [0.25, 0.3) is 0 Å². The number of hydrogen-bond donors (Lipinski definition) is 1. The number of ketones is 1. The molecule has 3 aromatic rings. The number of fused-ring (bicyclic) bond motifs is 2. The molecule has 176 valence electrons. The van der Waals surface area contributed by atoms with Gasteiger partial charge < -0.3 is 14.2 Å². The minimum absolute atomic E-state index is 0.0478. The summed E-state index contributed by atoms with van der Waals surface area (Å²) in [5, 5.41) is 0. The largest absolute Gasteiger partial charge is 0.374 e. The van der Waals surface area contributed by atoms with Gasteiger partial charge in [0, 0.05) is 18.2 Å². The zero-order valence-corrected chi connectivity index (χ0v) is 18.8. The highest BCUT2D eigenvalue weighted by Gasteiger charge is 2.66. The third-order valence-electron chi connectivity index (χ3n) is 6.50. The van der Waals surface area contributed by atoms with Gasteiger partial charge in [-0.25, -0.2) is 4.79 Å². The summed E-state index contributed by atoms with van der Waals surface area (Å²) in [7, 11) is 0. The number of H-pyrrole nitrogens is 1. The molecule has 2 aromatic carbocycles. The van der Waals surface area contributed by atoms with Crippen LogP contribution in [-0.4, -0.2) is 33.6 Å². The summed E-state index contributed by atoms with van der Waals surface area (Å²) in [6, 6.07) is 19.4. The molecule has 34 heavy (non-hydrogen) atoms. The number of nitrogens with one attached hydrogen (secondary N) is 1. The Kier molecular flexibility index (Phi) is 6.03. The van der Waals surface area contributed by atoms with E-state index in [1.54, 1.807) is 6.92 Å². The first-order valence-corrected chi connectivity index (χ1v) is 11.3. The highest BCUT2D eigenvalue weighted by atomic mass is 16.6. The van der Waals surface area contributed by atoms with E-state index < -0.39 is 35.1 Å². The standard InChI is InChI=1S/C26H26N2O6/c1-17-13-28(25(31)27-23(17)30)24-21-20(29)12-26(34-24,16-32-14-18-8-4-2-5-9-18)22(21)33-15-19-10-6-3-7-11-19/h2-11,13,21-22,24H,12,14-16H2,1H3,(H,27,30,31)/t21-,22+,24-,26-/m1/s1. The number of aryl methyl sites for hydroxylation is 1. The zero-order chi connectivity index (χ0) is 23.7. The molecule has 1 saturated heterocycles. The van der Waals surface area contributed by atoms with Crippen LogP contribution in [0.2, 0.25) is 0 Å². The fourth-order valence-corrected chi connectivity index (χ4v) is 4.84. The summed E-state index contributed by atoms with van der Waals surface area (Å²) < 4.78 is 20.0. The first-order chi connectivity index (χ1) is 16.5. The van der Waals surface area contributed by atoms with Crippen LogP contribution in [0.5, 0.6) is 0 Å². The van der Waals surface area contributed by atoms with E-state index in [4.69, 9.17) is 14.2 Å². The zero-order valence-electron chi connectivity index (χ0n) is 18.8. The van der Waals surface area contributed by atoms with Gasteiger partial charge in [0.25, 0.3) is 5.56 Å². The second kappa shape index (κ2) is 9.13. The predicted octanol–water partition coefficient (Wildman–Crippen LogP) is 2.50. The van der Waals surface area contributed by atoms with E-state index in [-0.39, 0.29) is 18.8 Å². The van der Waals surface area contributed by atoms with Crippen molar-refractivity contribution in [2.75, 3.05) is 6.61 Å². The summed E-state index contributed by atoms with van der Waals surface area (Å²) in [5.74, 6) is -0.736. The molecular formula is C26H26N2O6. The average molecular weight is 463 g/mol. The van der Waals surface area contributed by atoms with Crippen molar-refractivity contribution >= 4 is 5.78 Å². The summed E-state index contributed by atoms with van der Waals surface area (Å²) in [6.07, 6.45) is 0.0945. The van der Waals surface area contributed by atoms with Crippen LogP contribution in [-0.2, 0) is 32.2 Å². The molecule has 0 unspecified atom stereocenters. The second-order valence-corrected chi connectivity index (χ2v) is 8.92. The number of nitrogens with zero attached hydrogens (tertiary/aromatic N) is 1. The fourth-order valence-electron chi connectivity index (χ4n) is 4.84.